The first-order valence-electron chi connectivity index (χ1n) is 4.72. The summed E-state index contributed by atoms with van der Waals surface area (Å²) in [6, 6.07) is 8.63. The first kappa shape index (κ1) is 9.86. The summed E-state index contributed by atoms with van der Waals surface area (Å²) >= 11 is 0. The van der Waals surface area contributed by atoms with Gasteiger partial charge in [0.2, 0.25) is 0 Å². The average Bonchev–Trinajstić information content (AvgIpc) is 2.15. The Morgan fingerprint density at radius 3 is 2.31 bits per heavy atom. The highest BCUT2D eigenvalue weighted by molar-refractivity contribution is 5.25. The zero-order chi connectivity index (χ0) is 9.68. The first-order chi connectivity index (χ1) is 6.24. The number of hydrogen-bond acceptors (Lipinski definition) is 0. The summed E-state index contributed by atoms with van der Waals surface area (Å²) in [4.78, 5) is 0. The van der Waals surface area contributed by atoms with Gasteiger partial charge < -0.3 is 0 Å². The summed E-state index contributed by atoms with van der Waals surface area (Å²) in [5.74, 6) is 3.00. The lowest BCUT2D eigenvalue weighted by atomic mass is 10.0. The Balaban J connectivity index is 2.65. The lowest BCUT2D eigenvalue weighted by Gasteiger charge is -2.05. The Labute approximate surface area is 81.0 Å². The standard InChI is InChI=1S/C13H15/c1-4-5-6-12-7-9-13(10-8-12)11(2)3/h7-11H,5-6H2,2-3H3. The Morgan fingerprint density at radius 1 is 1.23 bits per heavy atom. The number of benzene rings is 1. The quantitative estimate of drug-likeness (QED) is 0.612. The van der Waals surface area contributed by atoms with Crippen molar-refractivity contribution in [3.63, 3.8) is 0 Å². The topological polar surface area (TPSA) is 0 Å². The molecule has 0 aliphatic carbocycles. The van der Waals surface area contributed by atoms with E-state index >= 15 is 0 Å². The van der Waals surface area contributed by atoms with Crippen molar-refractivity contribution in [2.75, 3.05) is 0 Å². The lowest BCUT2D eigenvalue weighted by molar-refractivity contribution is 0.864. The molecule has 13 heavy (non-hydrogen) atoms. The molecule has 0 amide bonds. The third-order valence-corrected chi connectivity index (χ3v) is 2.19. The highest BCUT2D eigenvalue weighted by Gasteiger charge is 1.97. The van der Waals surface area contributed by atoms with Crippen LogP contribution in [-0.4, -0.2) is 0 Å². The zero-order valence-corrected chi connectivity index (χ0v) is 8.30. The largest absolute Gasteiger partial charge is 0.0888 e. The normalized spacial score (nSPS) is 10.0. The van der Waals surface area contributed by atoms with Gasteiger partial charge >= 0.3 is 0 Å². The van der Waals surface area contributed by atoms with Crippen LogP contribution in [-0.2, 0) is 6.42 Å². The maximum absolute atomic E-state index is 6.81. The van der Waals surface area contributed by atoms with Crippen molar-refractivity contribution in [1.82, 2.24) is 0 Å². The van der Waals surface area contributed by atoms with E-state index in [0.717, 1.165) is 12.8 Å². The van der Waals surface area contributed by atoms with Crippen LogP contribution in [0.2, 0.25) is 0 Å². The van der Waals surface area contributed by atoms with Crippen LogP contribution in [0, 0.1) is 12.3 Å². The molecular formula is C13H15. The maximum atomic E-state index is 6.81. The molecule has 1 aromatic carbocycles. The van der Waals surface area contributed by atoms with E-state index < -0.39 is 0 Å². The third kappa shape index (κ3) is 2.95. The van der Waals surface area contributed by atoms with Gasteiger partial charge in [-0.25, -0.2) is 0 Å². The fourth-order valence-electron chi connectivity index (χ4n) is 1.28. The van der Waals surface area contributed by atoms with E-state index in [-0.39, 0.29) is 0 Å². The van der Waals surface area contributed by atoms with Gasteiger partial charge in [0, 0.05) is 6.42 Å². The minimum absolute atomic E-state index is 0.600. The van der Waals surface area contributed by atoms with E-state index in [0.29, 0.717) is 5.92 Å². The van der Waals surface area contributed by atoms with Crippen molar-refractivity contribution in [3.8, 4) is 5.92 Å². The van der Waals surface area contributed by atoms with E-state index in [4.69, 9.17) is 6.42 Å². The van der Waals surface area contributed by atoms with Crippen LogP contribution < -0.4 is 0 Å². The van der Waals surface area contributed by atoms with Crippen LogP contribution in [0.15, 0.2) is 24.3 Å². The average molecular weight is 171 g/mol. The molecule has 0 aromatic heterocycles. The Hall–Kier alpha value is -1.22. The summed E-state index contributed by atoms with van der Waals surface area (Å²) < 4.78 is 0. The second-order valence-corrected chi connectivity index (χ2v) is 3.57. The van der Waals surface area contributed by atoms with Crippen LogP contribution in [0.3, 0.4) is 0 Å². The van der Waals surface area contributed by atoms with Crippen LogP contribution in [0.1, 0.15) is 37.3 Å². The molecular weight excluding hydrogens is 156 g/mol. The number of rotatable bonds is 3. The second-order valence-electron chi connectivity index (χ2n) is 3.57. The van der Waals surface area contributed by atoms with Crippen molar-refractivity contribution < 1.29 is 0 Å². The summed E-state index contributed by atoms with van der Waals surface area (Å²) in [5, 5.41) is 0. The van der Waals surface area contributed by atoms with E-state index in [1.54, 1.807) is 0 Å². The molecule has 0 bridgehead atoms. The van der Waals surface area contributed by atoms with E-state index in [9.17, 15) is 0 Å². The zero-order valence-electron chi connectivity index (χ0n) is 8.30. The Kier molecular flexibility index (Phi) is 3.58. The Morgan fingerprint density at radius 2 is 1.85 bits per heavy atom. The van der Waals surface area contributed by atoms with E-state index in [1.165, 1.54) is 11.1 Å². The van der Waals surface area contributed by atoms with Crippen molar-refractivity contribution >= 4 is 0 Å². The highest BCUT2D eigenvalue weighted by atomic mass is 14.0. The molecule has 0 fully saturated rings. The molecule has 0 nitrogen and oxygen atoms in total. The molecule has 0 unspecified atom stereocenters. The van der Waals surface area contributed by atoms with Crippen LogP contribution in [0.4, 0.5) is 0 Å². The van der Waals surface area contributed by atoms with Gasteiger partial charge in [-0.3, -0.25) is 0 Å². The summed E-state index contributed by atoms with van der Waals surface area (Å²) in [6.07, 6.45) is 8.47. The van der Waals surface area contributed by atoms with Crippen LogP contribution >= 0.6 is 0 Å². The van der Waals surface area contributed by atoms with Crippen LogP contribution in [0.25, 0.3) is 0 Å². The molecule has 1 aromatic rings. The number of hydrogen-bond donors (Lipinski definition) is 0. The van der Waals surface area contributed by atoms with Gasteiger partial charge in [0.05, 0.1) is 0 Å². The van der Waals surface area contributed by atoms with E-state index in [2.05, 4.69) is 44.0 Å². The third-order valence-electron chi connectivity index (χ3n) is 2.19. The van der Waals surface area contributed by atoms with Crippen molar-refractivity contribution in [2.45, 2.75) is 32.6 Å². The van der Waals surface area contributed by atoms with Crippen molar-refractivity contribution in [2.24, 2.45) is 0 Å². The molecule has 0 N–H and O–H groups in total. The molecule has 0 heterocycles. The predicted octanol–water partition coefficient (Wildman–Crippen LogP) is 3.33. The highest BCUT2D eigenvalue weighted by Crippen LogP contribution is 2.15. The van der Waals surface area contributed by atoms with Gasteiger partial charge in [0.1, 0.15) is 0 Å². The minimum atomic E-state index is 0.600. The summed E-state index contributed by atoms with van der Waals surface area (Å²) in [7, 11) is 0. The van der Waals surface area contributed by atoms with Gasteiger partial charge in [-0.2, -0.15) is 0 Å². The van der Waals surface area contributed by atoms with Gasteiger partial charge in [0.15, 0.2) is 0 Å². The molecule has 0 heteroatoms. The van der Waals surface area contributed by atoms with Gasteiger partial charge in [-0.05, 0) is 29.9 Å². The molecule has 0 spiro atoms. The molecule has 67 valence electrons. The summed E-state index contributed by atoms with van der Waals surface area (Å²) in [6.45, 7) is 4.39. The number of aryl methyl sites for hydroxylation is 1. The molecule has 1 rings (SSSR count). The van der Waals surface area contributed by atoms with Gasteiger partial charge in [-0.15, -0.1) is 0 Å². The van der Waals surface area contributed by atoms with Gasteiger partial charge in [0.25, 0.3) is 0 Å². The monoisotopic (exact) mass is 171 g/mol. The fourth-order valence-corrected chi connectivity index (χ4v) is 1.28. The molecule has 0 saturated carbocycles. The first-order valence-corrected chi connectivity index (χ1v) is 4.72. The molecule has 0 aliphatic heterocycles. The molecule has 1 radical (unpaired) electrons. The van der Waals surface area contributed by atoms with Gasteiger partial charge in [-0.1, -0.05) is 44.0 Å². The maximum Gasteiger partial charge on any atom is 0.0139 e. The second kappa shape index (κ2) is 4.72. The molecule has 0 atom stereocenters. The SMILES string of the molecule is [C]#CCCc1ccc(C(C)C)cc1. The molecule has 0 aliphatic rings. The van der Waals surface area contributed by atoms with Crippen molar-refractivity contribution in [1.29, 1.82) is 0 Å². The summed E-state index contributed by atoms with van der Waals surface area (Å²) in [5.41, 5.74) is 2.67. The minimum Gasteiger partial charge on any atom is -0.0888 e. The van der Waals surface area contributed by atoms with E-state index in [1.807, 2.05) is 0 Å². The molecule has 0 saturated heterocycles. The predicted molar refractivity (Wildman–Crippen MR) is 56.0 cm³/mol. The fraction of sp³-hybridized carbons (Fsp3) is 0.385. The van der Waals surface area contributed by atoms with Crippen molar-refractivity contribution in [3.05, 3.63) is 41.8 Å². The lowest BCUT2D eigenvalue weighted by Crippen LogP contribution is -1.88. The van der Waals surface area contributed by atoms with Crippen LogP contribution in [0.5, 0.6) is 0 Å². The smallest absolute Gasteiger partial charge is 0.0139 e. The Bertz CT molecular complexity index is 285.